The number of carbonyl (C=O) groups is 1. The van der Waals surface area contributed by atoms with E-state index in [9.17, 15) is 4.79 Å². The molecule has 1 aliphatic rings. The van der Waals surface area contributed by atoms with Crippen molar-refractivity contribution in [3.63, 3.8) is 0 Å². The van der Waals surface area contributed by atoms with Crippen LogP contribution in [0.4, 0.5) is 5.69 Å². The van der Waals surface area contributed by atoms with E-state index in [-0.39, 0.29) is 5.91 Å². The van der Waals surface area contributed by atoms with Crippen LogP contribution in [0.1, 0.15) is 19.4 Å². The molecule has 0 aromatic heterocycles. The Morgan fingerprint density at radius 1 is 1.06 bits per heavy atom. The van der Waals surface area contributed by atoms with Gasteiger partial charge in [-0.25, -0.2) is 0 Å². The molecular formula is C24H20ClNO3S2. The maximum Gasteiger partial charge on any atom is 0.270 e. The van der Waals surface area contributed by atoms with Crippen LogP contribution in [0.15, 0.2) is 59.5 Å². The van der Waals surface area contributed by atoms with E-state index in [4.69, 9.17) is 33.3 Å². The highest BCUT2D eigenvalue weighted by molar-refractivity contribution is 8.27. The quantitative estimate of drug-likeness (QED) is 0.297. The van der Waals surface area contributed by atoms with Crippen LogP contribution in [-0.2, 0) is 4.79 Å². The number of amides is 1. The van der Waals surface area contributed by atoms with E-state index < -0.39 is 0 Å². The number of hydrogen-bond acceptors (Lipinski definition) is 5. The van der Waals surface area contributed by atoms with Crippen molar-refractivity contribution < 1.29 is 14.3 Å². The lowest BCUT2D eigenvalue weighted by Crippen LogP contribution is -2.27. The minimum absolute atomic E-state index is 0.158. The number of hydrogen-bond donors (Lipinski definition) is 0. The van der Waals surface area contributed by atoms with E-state index in [1.54, 1.807) is 17.0 Å². The molecule has 3 aromatic carbocycles. The smallest absolute Gasteiger partial charge is 0.270 e. The van der Waals surface area contributed by atoms with Gasteiger partial charge in [-0.3, -0.25) is 9.69 Å². The molecule has 0 aliphatic carbocycles. The van der Waals surface area contributed by atoms with E-state index in [0.29, 0.717) is 39.0 Å². The van der Waals surface area contributed by atoms with E-state index in [1.165, 1.54) is 11.8 Å². The van der Waals surface area contributed by atoms with Gasteiger partial charge in [0.05, 0.1) is 28.8 Å². The van der Waals surface area contributed by atoms with Gasteiger partial charge in [0.25, 0.3) is 5.91 Å². The molecule has 0 radical (unpaired) electrons. The Balaban J connectivity index is 1.72. The Labute approximate surface area is 195 Å². The van der Waals surface area contributed by atoms with Gasteiger partial charge in [-0.15, -0.1) is 0 Å². The second kappa shape index (κ2) is 9.30. The Morgan fingerprint density at radius 2 is 1.81 bits per heavy atom. The zero-order chi connectivity index (χ0) is 22.0. The molecule has 31 heavy (non-hydrogen) atoms. The second-order valence-corrected chi connectivity index (χ2v) is 8.79. The molecule has 4 rings (SSSR count). The summed E-state index contributed by atoms with van der Waals surface area (Å²) >= 11 is 13.3. The summed E-state index contributed by atoms with van der Waals surface area (Å²) in [6.07, 6.45) is 1.79. The van der Waals surface area contributed by atoms with Gasteiger partial charge in [0.1, 0.15) is 0 Å². The number of anilines is 1. The van der Waals surface area contributed by atoms with Crippen molar-refractivity contribution in [1.29, 1.82) is 0 Å². The molecule has 4 nitrogen and oxygen atoms in total. The zero-order valence-corrected chi connectivity index (χ0v) is 19.4. The average Bonchev–Trinajstić information content (AvgIpc) is 3.03. The van der Waals surface area contributed by atoms with Crippen molar-refractivity contribution in [1.82, 2.24) is 0 Å². The van der Waals surface area contributed by atoms with Gasteiger partial charge in [0.15, 0.2) is 15.8 Å². The van der Waals surface area contributed by atoms with Crippen molar-refractivity contribution in [2.45, 2.75) is 13.8 Å². The lowest BCUT2D eigenvalue weighted by atomic mass is 10.1. The third-order valence-corrected chi connectivity index (χ3v) is 6.30. The summed E-state index contributed by atoms with van der Waals surface area (Å²) in [7, 11) is 0. The van der Waals surface area contributed by atoms with Gasteiger partial charge >= 0.3 is 0 Å². The van der Waals surface area contributed by atoms with Crippen LogP contribution in [0.25, 0.3) is 16.8 Å². The molecule has 1 fully saturated rings. The predicted octanol–water partition coefficient (Wildman–Crippen LogP) is 6.70. The molecule has 1 amide bonds. The first-order valence-corrected chi connectivity index (χ1v) is 11.5. The summed E-state index contributed by atoms with van der Waals surface area (Å²) in [6.45, 7) is 4.73. The summed E-state index contributed by atoms with van der Waals surface area (Å²) < 4.78 is 11.8. The highest BCUT2D eigenvalue weighted by Gasteiger charge is 2.34. The average molecular weight is 470 g/mol. The van der Waals surface area contributed by atoms with Gasteiger partial charge in [-0.05, 0) is 49.1 Å². The molecule has 1 aliphatic heterocycles. The number of ether oxygens (including phenoxy) is 2. The molecule has 0 atom stereocenters. The fourth-order valence-electron chi connectivity index (χ4n) is 3.45. The summed E-state index contributed by atoms with van der Waals surface area (Å²) in [6, 6.07) is 17.4. The van der Waals surface area contributed by atoms with Gasteiger partial charge in [-0.1, -0.05) is 72.0 Å². The van der Waals surface area contributed by atoms with Crippen molar-refractivity contribution >= 4 is 68.3 Å². The summed E-state index contributed by atoms with van der Waals surface area (Å²) in [5.74, 6) is 0.897. The van der Waals surface area contributed by atoms with Gasteiger partial charge in [0.2, 0.25) is 0 Å². The predicted molar refractivity (Wildman–Crippen MR) is 133 cm³/mol. The van der Waals surface area contributed by atoms with Gasteiger partial charge < -0.3 is 9.47 Å². The molecule has 7 heteroatoms. The number of fused-ring (bicyclic) bond motifs is 1. The molecular weight excluding hydrogens is 450 g/mol. The first-order chi connectivity index (χ1) is 15.0. The van der Waals surface area contributed by atoms with Crippen LogP contribution < -0.4 is 14.4 Å². The fraction of sp³-hybridized carbons (Fsp3) is 0.167. The van der Waals surface area contributed by atoms with Crippen LogP contribution in [0.5, 0.6) is 11.5 Å². The molecule has 0 unspecified atom stereocenters. The monoisotopic (exact) mass is 469 g/mol. The Bertz CT molecular complexity index is 1200. The maximum absolute atomic E-state index is 13.3. The third-order valence-electron chi connectivity index (χ3n) is 4.72. The van der Waals surface area contributed by atoms with Gasteiger partial charge in [-0.2, -0.15) is 0 Å². The van der Waals surface area contributed by atoms with Crippen LogP contribution in [0, 0.1) is 0 Å². The van der Waals surface area contributed by atoms with E-state index in [0.717, 1.165) is 22.0 Å². The molecule has 3 aromatic rings. The Kier molecular flexibility index (Phi) is 6.51. The van der Waals surface area contributed by atoms with E-state index in [2.05, 4.69) is 0 Å². The number of carbonyl (C=O) groups excluding carboxylic acids is 1. The molecule has 158 valence electrons. The minimum atomic E-state index is -0.158. The van der Waals surface area contributed by atoms with Crippen LogP contribution in [-0.4, -0.2) is 23.4 Å². The first kappa shape index (κ1) is 21.7. The normalized spacial score (nSPS) is 15.2. The molecule has 0 saturated carbocycles. The number of benzene rings is 3. The van der Waals surface area contributed by atoms with Crippen molar-refractivity contribution in [3.8, 4) is 11.5 Å². The summed E-state index contributed by atoms with van der Waals surface area (Å²) in [4.78, 5) is 15.4. The molecule has 0 N–H and O–H groups in total. The van der Waals surface area contributed by atoms with Crippen LogP contribution in [0.2, 0.25) is 5.02 Å². The SMILES string of the molecule is CCOc1cc(/C=C2\SC(=S)N(c3cccc4ccccc34)C2=O)cc(Cl)c1OCC. The van der Waals surface area contributed by atoms with Crippen LogP contribution in [0.3, 0.4) is 0 Å². The number of thioether (sulfide) groups is 1. The first-order valence-electron chi connectivity index (χ1n) is 9.88. The van der Waals surface area contributed by atoms with E-state index >= 15 is 0 Å². The van der Waals surface area contributed by atoms with Crippen LogP contribution >= 0.6 is 35.6 Å². The van der Waals surface area contributed by atoms with Gasteiger partial charge in [0, 0.05) is 5.39 Å². The summed E-state index contributed by atoms with van der Waals surface area (Å²) in [5.41, 5.74) is 1.53. The van der Waals surface area contributed by atoms with E-state index in [1.807, 2.05) is 62.4 Å². The Morgan fingerprint density at radius 3 is 2.58 bits per heavy atom. The largest absolute Gasteiger partial charge is 0.490 e. The zero-order valence-electron chi connectivity index (χ0n) is 17.1. The molecule has 1 saturated heterocycles. The lowest BCUT2D eigenvalue weighted by Gasteiger charge is -2.17. The summed E-state index contributed by atoms with van der Waals surface area (Å²) in [5, 5.41) is 2.46. The fourth-order valence-corrected chi connectivity index (χ4v) is 5.01. The number of halogens is 1. The second-order valence-electron chi connectivity index (χ2n) is 6.71. The van der Waals surface area contributed by atoms with Crippen molar-refractivity contribution in [2.75, 3.05) is 18.1 Å². The lowest BCUT2D eigenvalue weighted by molar-refractivity contribution is -0.113. The number of nitrogens with zero attached hydrogens (tertiary/aromatic N) is 1. The minimum Gasteiger partial charge on any atom is -0.490 e. The molecule has 0 spiro atoms. The highest BCUT2D eigenvalue weighted by Crippen LogP contribution is 2.41. The maximum atomic E-state index is 13.3. The molecule has 1 heterocycles. The van der Waals surface area contributed by atoms with Crippen molar-refractivity contribution in [3.05, 3.63) is 70.1 Å². The standard InChI is InChI=1S/C24H20ClNO3S2/c1-3-28-20-13-15(12-18(25)22(20)29-4-2)14-21-23(27)26(24(30)31-21)19-11-7-9-16-8-5-6-10-17(16)19/h5-14H,3-4H2,1-2H3/b21-14-. The van der Waals surface area contributed by atoms with Crippen molar-refractivity contribution in [2.24, 2.45) is 0 Å². The Hall–Kier alpha value is -2.54. The molecule has 0 bridgehead atoms. The topological polar surface area (TPSA) is 38.8 Å². The number of rotatable bonds is 6. The highest BCUT2D eigenvalue weighted by atomic mass is 35.5. The number of thiocarbonyl (C=S) groups is 1. The third kappa shape index (κ3) is 4.28.